The Morgan fingerprint density at radius 2 is 1.95 bits per heavy atom. The van der Waals surface area contributed by atoms with Crippen LogP contribution in [0.4, 0.5) is 0 Å². The second-order valence-corrected chi connectivity index (χ2v) is 8.22. The molecule has 1 aliphatic rings. The van der Waals surface area contributed by atoms with Gasteiger partial charge in [0.05, 0.1) is 10.5 Å². The average molecular weight is 382 g/mol. The van der Waals surface area contributed by atoms with Crippen molar-refractivity contribution >= 4 is 41.6 Å². The topological polar surface area (TPSA) is 60.4 Å². The molecule has 1 fully saturated rings. The zero-order valence-corrected chi connectivity index (χ0v) is 14.0. The van der Waals surface area contributed by atoms with Crippen LogP contribution in [0.15, 0.2) is 21.5 Å². The highest BCUT2D eigenvalue weighted by atomic mass is 79.9. The monoisotopic (exact) mass is 380 g/mol. The zero-order valence-electron chi connectivity index (χ0n) is 10.9. The van der Waals surface area contributed by atoms with Crippen molar-refractivity contribution in [2.45, 2.75) is 43.6 Å². The number of ether oxygens (including phenoxy) is 1. The molecule has 0 atom stereocenters. The molecule has 1 aromatic rings. The van der Waals surface area contributed by atoms with Gasteiger partial charge in [0.2, 0.25) is 0 Å². The van der Waals surface area contributed by atoms with Crippen molar-refractivity contribution in [2.75, 3.05) is 0 Å². The molecule has 20 heavy (non-hydrogen) atoms. The Kier molecular flexibility index (Phi) is 4.76. The van der Waals surface area contributed by atoms with Gasteiger partial charge in [0, 0.05) is 15.2 Å². The number of rotatable bonds is 3. The third kappa shape index (κ3) is 3.54. The maximum Gasteiger partial charge on any atom is 0.338 e. The van der Waals surface area contributed by atoms with E-state index in [4.69, 9.17) is 15.4 Å². The third-order valence-corrected chi connectivity index (χ3v) is 5.64. The minimum absolute atomic E-state index is 0.0707. The normalized spacial score (nSPS) is 16.4. The molecule has 0 saturated heterocycles. The minimum atomic E-state index is -3.90. The molecule has 0 aliphatic heterocycles. The number of halogens is 2. The predicted octanol–water partition coefficient (Wildman–Crippen LogP) is 3.78. The Bertz CT molecular complexity index is 636. The van der Waals surface area contributed by atoms with Crippen LogP contribution in [0.2, 0.25) is 0 Å². The molecule has 0 heterocycles. The highest BCUT2D eigenvalue weighted by Crippen LogP contribution is 2.29. The van der Waals surface area contributed by atoms with E-state index < -0.39 is 15.0 Å². The molecule has 2 rings (SSSR count). The van der Waals surface area contributed by atoms with Gasteiger partial charge in [0.15, 0.2) is 0 Å². The molecule has 7 heteroatoms. The average Bonchev–Trinajstić information content (AvgIpc) is 2.83. The van der Waals surface area contributed by atoms with Crippen molar-refractivity contribution in [2.24, 2.45) is 0 Å². The number of hydrogen-bond donors (Lipinski definition) is 0. The van der Waals surface area contributed by atoms with Crippen LogP contribution in [0.25, 0.3) is 0 Å². The van der Waals surface area contributed by atoms with Crippen LogP contribution in [0.3, 0.4) is 0 Å². The first-order valence-corrected chi connectivity index (χ1v) is 9.35. The summed E-state index contributed by atoms with van der Waals surface area (Å²) in [6.45, 7) is 1.62. The SMILES string of the molecule is Cc1c(Br)cc(C(=O)OC2CCCC2)cc1S(=O)(=O)Cl. The van der Waals surface area contributed by atoms with Gasteiger partial charge in [-0.2, -0.15) is 0 Å². The number of carbonyl (C=O) groups excluding carboxylic acids is 1. The summed E-state index contributed by atoms with van der Waals surface area (Å²) in [6, 6.07) is 2.82. The molecular formula is C13H14BrClO4S. The van der Waals surface area contributed by atoms with E-state index in [2.05, 4.69) is 15.9 Å². The van der Waals surface area contributed by atoms with E-state index in [1.54, 1.807) is 13.0 Å². The van der Waals surface area contributed by atoms with Gasteiger partial charge in [-0.25, -0.2) is 13.2 Å². The lowest BCUT2D eigenvalue weighted by molar-refractivity contribution is 0.0317. The molecule has 0 spiro atoms. The van der Waals surface area contributed by atoms with Crippen LogP contribution in [0.1, 0.15) is 41.6 Å². The molecule has 1 aromatic carbocycles. The van der Waals surface area contributed by atoms with E-state index >= 15 is 0 Å². The van der Waals surface area contributed by atoms with Crippen LogP contribution in [0.5, 0.6) is 0 Å². The summed E-state index contributed by atoms with van der Waals surface area (Å²) in [4.78, 5) is 12.0. The van der Waals surface area contributed by atoms with E-state index in [0.29, 0.717) is 10.0 Å². The molecule has 0 bridgehead atoms. The first-order chi connectivity index (χ1) is 9.29. The Balaban J connectivity index is 2.32. The molecule has 0 unspecified atom stereocenters. The summed E-state index contributed by atoms with van der Waals surface area (Å²) in [5.41, 5.74) is 0.658. The fraction of sp³-hybridized carbons (Fsp3) is 0.462. The molecule has 0 radical (unpaired) electrons. The standard InChI is InChI=1S/C13H14BrClO4S/c1-8-11(14)6-9(7-12(8)20(15,17)18)13(16)19-10-4-2-3-5-10/h6-7,10H,2-5H2,1H3. The molecule has 0 aromatic heterocycles. The Labute approximate surface area is 131 Å². The molecule has 110 valence electrons. The van der Waals surface area contributed by atoms with Crippen LogP contribution < -0.4 is 0 Å². The number of esters is 1. The molecule has 1 aliphatic carbocycles. The highest BCUT2D eigenvalue weighted by molar-refractivity contribution is 9.10. The summed E-state index contributed by atoms with van der Waals surface area (Å²) < 4.78 is 28.9. The van der Waals surface area contributed by atoms with Gasteiger partial charge in [-0.1, -0.05) is 15.9 Å². The number of hydrogen-bond acceptors (Lipinski definition) is 4. The van der Waals surface area contributed by atoms with Crippen molar-refractivity contribution in [3.05, 3.63) is 27.7 Å². The highest BCUT2D eigenvalue weighted by Gasteiger charge is 2.23. The summed E-state index contributed by atoms with van der Waals surface area (Å²) in [5.74, 6) is -0.515. The lowest BCUT2D eigenvalue weighted by atomic mass is 10.1. The maximum absolute atomic E-state index is 12.1. The predicted molar refractivity (Wildman–Crippen MR) is 79.6 cm³/mol. The van der Waals surface area contributed by atoms with E-state index in [9.17, 15) is 13.2 Å². The molecule has 0 N–H and O–H groups in total. The Morgan fingerprint density at radius 1 is 1.35 bits per heavy atom. The molecule has 1 saturated carbocycles. The maximum atomic E-state index is 12.1. The van der Waals surface area contributed by atoms with Crippen LogP contribution in [-0.4, -0.2) is 20.5 Å². The van der Waals surface area contributed by atoms with Crippen LogP contribution in [0, 0.1) is 6.92 Å². The van der Waals surface area contributed by atoms with Gasteiger partial charge in [-0.05, 0) is 50.3 Å². The quantitative estimate of drug-likeness (QED) is 0.590. The number of carbonyl (C=O) groups is 1. The van der Waals surface area contributed by atoms with Crippen LogP contribution in [-0.2, 0) is 13.8 Å². The first kappa shape index (κ1) is 15.8. The lowest BCUT2D eigenvalue weighted by Crippen LogP contribution is -2.15. The fourth-order valence-corrected chi connectivity index (χ4v) is 4.07. The Hall–Kier alpha value is -0.590. The van der Waals surface area contributed by atoms with Crippen molar-refractivity contribution in [1.29, 1.82) is 0 Å². The summed E-state index contributed by atoms with van der Waals surface area (Å²) in [5, 5.41) is 0. The van der Waals surface area contributed by atoms with Gasteiger partial charge in [0.25, 0.3) is 9.05 Å². The van der Waals surface area contributed by atoms with Gasteiger partial charge in [-0.3, -0.25) is 0 Å². The van der Waals surface area contributed by atoms with E-state index in [-0.39, 0.29) is 16.6 Å². The van der Waals surface area contributed by atoms with E-state index in [0.717, 1.165) is 25.7 Å². The smallest absolute Gasteiger partial charge is 0.338 e. The summed E-state index contributed by atoms with van der Waals surface area (Å²) in [6.07, 6.45) is 3.76. The first-order valence-electron chi connectivity index (χ1n) is 6.25. The van der Waals surface area contributed by atoms with Gasteiger partial charge in [-0.15, -0.1) is 0 Å². The van der Waals surface area contributed by atoms with Crippen molar-refractivity contribution < 1.29 is 17.9 Å². The Morgan fingerprint density at radius 3 is 2.50 bits per heavy atom. The van der Waals surface area contributed by atoms with Crippen molar-refractivity contribution in [3.8, 4) is 0 Å². The van der Waals surface area contributed by atoms with Gasteiger partial charge in [0.1, 0.15) is 6.10 Å². The number of benzene rings is 1. The molecule has 0 amide bonds. The summed E-state index contributed by atoms with van der Waals surface area (Å²) in [7, 11) is 1.48. The van der Waals surface area contributed by atoms with Gasteiger partial charge >= 0.3 is 5.97 Å². The minimum Gasteiger partial charge on any atom is -0.459 e. The third-order valence-electron chi connectivity index (χ3n) is 3.37. The second kappa shape index (κ2) is 6.03. The lowest BCUT2D eigenvalue weighted by Gasteiger charge is -2.13. The van der Waals surface area contributed by atoms with Gasteiger partial charge < -0.3 is 4.74 Å². The van der Waals surface area contributed by atoms with Crippen molar-refractivity contribution in [1.82, 2.24) is 0 Å². The largest absolute Gasteiger partial charge is 0.459 e. The van der Waals surface area contributed by atoms with Crippen molar-refractivity contribution in [3.63, 3.8) is 0 Å². The second-order valence-electron chi connectivity index (χ2n) is 4.83. The molecule has 4 nitrogen and oxygen atoms in total. The fourth-order valence-electron chi connectivity index (χ4n) is 2.25. The molecular weight excluding hydrogens is 368 g/mol. The van der Waals surface area contributed by atoms with E-state index in [1.165, 1.54) is 6.07 Å². The van der Waals surface area contributed by atoms with Crippen LogP contribution >= 0.6 is 26.6 Å². The zero-order chi connectivity index (χ0) is 14.9. The van der Waals surface area contributed by atoms with E-state index in [1.807, 2.05) is 0 Å². The summed E-state index contributed by atoms with van der Waals surface area (Å²) >= 11 is 3.24.